The third-order valence-corrected chi connectivity index (χ3v) is 3.95. The Balaban J connectivity index is 2.02. The third kappa shape index (κ3) is 4.43. The molecule has 0 bridgehead atoms. The van der Waals surface area contributed by atoms with Gasteiger partial charge in [0.2, 0.25) is 0 Å². The fraction of sp³-hybridized carbons (Fsp3) is 0.500. The molecule has 1 aliphatic heterocycles. The maximum absolute atomic E-state index is 12.1. The molecule has 0 aromatic heterocycles. The standard InChI is InChI=1S/C16H21N3O5/c1-24-15(20)5-4-8-17-16(21)12-6-7-13(14(11-12)19(22)23)18-9-2-3-10-18/h6-7,11H,2-5,8-10H2,1H3,(H,17,21). The number of amides is 1. The summed E-state index contributed by atoms with van der Waals surface area (Å²) < 4.78 is 4.51. The lowest BCUT2D eigenvalue weighted by molar-refractivity contribution is -0.384. The number of esters is 1. The number of nitrogens with zero attached hydrogens (tertiary/aromatic N) is 2. The molecule has 1 heterocycles. The zero-order valence-electron chi connectivity index (χ0n) is 13.6. The predicted octanol–water partition coefficient (Wildman–Crippen LogP) is 1.88. The molecule has 1 amide bonds. The van der Waals surface area contributed by atoms with Gasteiger partial charge in [-0.15, -0.1) is 0 Å². The van der Waals surface area contributed by atoms with E-state index in [1.165, 1.54) is 13.2 Å². The smallest absolute Gasteiger partial charge is 0.305 e. The van der Waals surface area contributed by atoms with Crippen LogP contribution >= 0.6 is 0 Å². The molecular formula is C16H21N3O5. The fourth-order valence-electron chi connectivity index (χ4n) is 2.68. The number of carbonyl (C=O) groups is 2. The third-order valence-electron chi connectivity index (χ3n) is 3.95. The maximum Gasteiger partial charge on any atom is 0.305 e. The summed E-state index contributed by atoms with van der Waals surface area (Å²) in [4.78, 5) is 35.9. The van der Waals surface area contributed by atoms with Crippen molar-refractivity contribution in [1.82, 2.24) is 5.32 Å². The molecule has 1 aromatic rings. The molecule has 0 radical (unpaired) electrons. The molecule has 0 atom stereocenters. The summed E-state index contributed by atoms with van der Waals surface area (Å²) in [5.74, 6) is -0.731. The number of benzene rings is 1. The summed E-state index contributed by atoms with van der Waals surface area (Å²) >= 11 is 0. The predicted molar refractivity (Wildman–Crippen MR) is 88.1 cm³/mol. The lowest BCUT2D eigenvalue weighted by Crippen LogP contribution is -2.25. The van der Waals surface area contributed by atoms with Gasteiger partial charge in [-0.3, -0.25) is 19.7 Å². The first-order valence-electron chi connectivity index (χ1n) is 7.91. The summed E-state index contributed by atoms with van der Waals surface area (Å²) in [5, 5.41) is 14.0. The molecule has 8 heteroatoms. The van der Waals surface area contributed by atoms with E-state index in [4.69, 9.17) is 0 Å². The van der Waals surface area contributed by atoms with E-state index in [0.29, 0.717) is 18.7 Å². The quantitative estimate of drug-likeness (QED) is 0.353. The van der Waals surface area contributed by atoms with E-state index < -0.39 is 10.8 Å². The van der Waals surface area contributed by atoms with Crippen LogP contribution in [-0.2, 0) is 9.53 Å². The molecule has 1 saturated heterocycles. The van der Waals surface area contributed by atoms with Gasteiger partial charge in [0.25, 0.3) is 11.6 Å². The van der Waals surface area contributed by atoms with Gasteiger partial charge in [0.15, 0.2) is 0 Å². The van der Waals surface area contributed by atoms with Gasteiger partial charge in [-0.05, 0) is 31.4 Å². The first kappa shape index (κ1) is 17.7. The molecule has 8 nitrogen and oxygen atoms in total. The van der Waals surface area contributed by atoms with Crippen LogP contribution in [0.1, 0.15) is 36.0 Å². The number of hydrogen-bond acceptors (Lipinski definition) is 6. The molecule has 1 aliphatic rings. The van der Waals surface area contributed by atoms with Gasteiger partial charge in [0.1, 0.15) is 5.69 Å². The van der Waals surface area contributed by atoms with E-state index >= 15 is 0 Å². The lowest BCUT2D eigenvalue weighted by atomic mass is 10.1. The van der Waals surface area contributed by atoms with E-state index in [1.807, 2.05) is 4.90 Å². The zero-order valence-corrected chi connectivity index (χ0v) is 13.6. The average Bonchev–Trinajstić information content (AvgIpc) is 3.12. The topological polar surface area (TPSA) is 102 Å². The highest BCUT2D eigenvalue weighted by atomic mass is 16.6. The lowest BCUT2D eigenvalue weighted by Gasteiger charge is -2.17. The van der Waals surface area contributed by atoms with Crippen LogP contribution in [0, 0.1) is 10.1 Å². The highest BCUT2D eigenvalue weighted by molar-refractivity contribution is 5.95. The van der Waals surface area contributed by atoms with E-state index in [0.717, 1.165) is 25.9 Å². The Morgan fingerprint density at radius 3 is 2.67 bits per heavy atom. The average molecular weight is 335 g/mol. The molecule has 1 fully saturated rings. The van der Waals surface area contributed by atoms with Gasteiger partial charge in [0, 0.05) is 37.7 Å². The van der Waals surface area contributed by atoms with Crippen LogP contribution < -0.4 is 10.2 Å². The number of nitrogens with one attached hydrogen (secondary N) is 1. The summed E-state index contributed by atoms with van der Waals surface area (Å²) in [6, 6.07) is 4.53. The number of ether oxygens (including phenoxy) is 1. The minimum atomic E-state index is -0.457. The number of methoxy groups -OCH3 is 1. The molecule has 0 spiro atoms. The minimum absolute atomic E-state index is 0.0564. The van der Waals surface area contributed by atoms with Crippen LogP contribution in [0.25, 0.3) is 0 Å². The summed E-state index contributed by atoms with van der Waals surface area (Å²) in [5.41, 5.74) is 0.738. The zero-order chi connectivity index (χ0) is 17.5. The largest absolute Gasteiger partial charge is 0.469 e. The van der Waals surface area contributed by atoms with Gasteiger partial charge in [-0.25, -0.2) is 0 Å². The Kier molecular flexibility index (Phi) is 6.11. The van der Waals surface area contributed by atoms with Crippen LogP contribution in [0.5, 0.6) is 0 Å². The Morgan fingerprint density at radius 2 is 2.04 bits per heavy atom. The molecule has 24 heavy (non-hydrogen) atoms. The van der Waals surface area contributed by atoms with Crippen molar-refractivity contribution >= 4 is 23.3 Å². The van der Waals surface area contributed by atoms with Crippen LogP contribution in [0.2, 0.25) is 0 Å². The molecule has 1 aromatic carbocycles. The normalized spacial score (nSPS) is 13.6. The maximum atomic E-state index is 12.1. The van der Waals surface area contributed by atoms with Crippen LogP contribution in [0.3, 0.4) is 0 Å². The van der Waals surface area contributed by atoms with Gasteiger partial charge in [0.05, 0.1) is 12.0 Å². The number of anilines is 1. The van der Waals surface area contributed by atoms with Crippen molar-refractivity contribution in [2.75, 3.05) is 31.6 Å². The number of carbonyl (C=O) groups excluding carboxylic acids is 2. The number of nitro groups is 1. The SMILES string of the molecule is COC(=O)CCCNC(=O)c1ccc(N2CCCC2)c([N+](=O)[O-])c1. The van der Waals surface area contributed by atoms with Crippen LogP contribution in [-0.4, -0.2) is 43.5 Å². The Labute approximate surface area is 139 Å². The van der Waals surface area contributed by atoms with Gasteiger partial charge >= 0.3 is 5.97 Å². The van der Waals surface area contributed by atoms with Gasteiger partial charge in [-0.2, -0.15) is 0 Å². The number of nitro benzene ring substituents is 1. The summed E-state index contributed by atoms with van der Waals surface area (Å²) in [6.07, 6.45) is 2.69. The monoisotopic (exact) mass is 335 g/mol. The molecule has 2 rings (SSSR count). The van der Waals surface area contributed by atoms with Crippen molar-refractivity contribution in [3.63, 3.8) is 0 Å². The second kappa shape index (κ2) is 8.28. The van der Waals surface area contributed by atoms with Crippen molar-refractivity contribution in [3.05, 3.63) is 33.9 Å². The Bertz CT molecular complexity index is 626. The van der Waals surface area contributed by atoms with Crippen molar-refractivity contribution in [2.24, 2.45) is 0 Å². The second-order valence-electron chi connectivity index (χ2n) is 5.59. The van der Waals surface area contributed by atoms with E-state index in [-0.39, 0.29) is 23.6 Å². The van der Waals surface area contributed by atoms with Crippen molar-refractivity contribution in [3.8, 4) is 0 Å². The molecule has 130 valence electrons. The highest BCUT2D eigenvalue weighted by Gasteiger charge is 2.23. The van der Waals surface area contributed by atoms with Crippen molar-refractivity contribution in [2.45, 2.75) is 25.7 Å². The van der Waals surface area contributed by atoms with E-state index in [1.54, 1.807) is 12.1 Å². The van der Waals surface area contributed by atoms with E-state index in [2.05, 4.69) is 10.1 Å². The highest BCUT2D eigenvalue weighted by Crippen LogP contribution is 2.31. The second-order valence-corrected chi connectivity index (χ2v) is 5.59. The number of hydrogen-bond donors (Lipinski definition) is 1. The molecule has 0 aliphatic carbocycles. The molecule has 0 unspecified atom stereocenters. The Morgan fingerprint density at radius 1 is 1.33 bits per heavy atom. The molecule has 0 saturated carbocycles. The van der Waals surface area contributed by atoms with Gasteiger partial charge in [-0.1, -0.05) is 0 Å². The molecule has 1 N–H and O–H groups in total. The summed E-state index contributed by atoms with van der Waals surface area (Å²) in [6.45, 7) is 1.88. The van der Waals surface area contributed by atoms with Crippen LogP contribution in [0.4, 0.5) is 11.4 Å². The number of rotatable bonds is 7. The first-order chi connectivity index (χ1) is 11.5. The molecular weight excluding hydrogens is 314 g/mol. The van der Waals surface area contributed by atoms with Crippen molar-refractivity contribution in [1.29, 1.82) is 0 Å². The Hall–Kier alpha value is -2.64. The first-order valence-corrected chi connectivity index (χ1v) is 7.91. The fourth-order valence-corrected chi connectivity index (χ4v) is 2.68. The van der Waals surface area contributed by atoms with Crippen LogP contribution in [0.15, 0.2) is 18.2 Å². The van der Waals surface area contributed by atoms with Gasteiger partial charge < -0.3 is 15.0 Å². The van der Waals surface area contributed by atoms with Crippen molar-refractivity contribution < 1.29 is 19.2 Å². The summed E-state index contributed by atoms with van der Waals surface area (Å²) in [7, 11) is 1.31. The van der Waals surface area contributed by atoms with E-state index in [9.17, 15) is 19.7 Å². The minimum Gasteiger partial charge on any atom is -0.469 e.